The quantitative estimate of drug-likeness (QED) is 0.404. The molecule has 26 heavy (non-hydrogen) atoms. The van der Waals surface area contributed by atoms with Crippen LogP contribution in [0.15, 0.2) is 66.7 Å². The molecule has 2 heterocycles. The summed E-state index contributed by atoms with van der Waals surface area (Å²) >= 11 is 3.46. The molecule has 1 N–H and O–H groups in total. The molecule has 0 fully saturated rings. The molecule has 0 saturated carbocycles. The first-order valence-corrected chi connectivity index (χ1v) is 9.98. The summed E-state index contributed by atoms with van der Waals surface area (Å²) in [5, 5.41) is 5.25. The molecule has 3 nitrogen and oxygen atoms in total. The van der Waals surface area contributed by atoms with Crippen LogP contribution in [0.2, 0.25) is 0 Å². The van der Waals surface area contributed by atoms with Gasteiger partial charge in [-0.15, -0.1) is 22.7 Å². The van der Waals surface area contributed by atoms with Crippen molar-refractivity contribution in [3.63, 3.8) is 0 Å². The average Bonchev–Trinajstić information content (AvgIpc) is 3.31. The molecule has 0 aliphatic heterocycles. The van der Waals surface area contributed by atoms with Crippen molar-refractivity contribution >= 4 is 48.8 Å². The zero-order chi connectivity index (χ0) is 17.5. The van der Waals surface area contributed by atoms with E-state index in [-0.39, 0.29) is 0 Å². The van der Waals surface area contributed by atoms with E-state index in [0.717, 1.165) is 37.9 Å². The first-order chi connectivity index (χ1) is 12.8. The predicted octanol–water partition coefficient (Wildman–Crippen LogP) is 6.28. The number of nitrogens with zero attached hydrogens (tertiary/aromatic N) is 2. The molecular weight excluding hydrogens is 358 g/mol. The number of hydrogen-bond donors (Lipinski definition) is 1. The Labute approximate surface area is 159 Å². The second-order valence-electron chi connectivity index (χ2n) is 6.02. The summed E-state index contributed by atoms with van der Waals surface area (Å²) in [7, 11) is 1.93. The Balaban J connectivity index is 1.56. The molecule has 2 aromatic heterocycles. The smallest absolute Gasteiger partial charge is 0.124 e. The van der Waals surface area contributed by atoms with Gasteiger partial charge in [0.05, 0.1) is 20.4 Å². The van der Waals surface area contributed by atoms with E-state index >= 15 is 0 Å². The standard InChI is InChI=1S/C21H15N3S2/c1-22-15-9-6-13(7-10-15)20-24-17-11-8-14(12-19(17)26-20)21-23-16-4-2-3-5-18(16)25-21/h2-12,22H,1H3. The van der Waals surface area contributed by atoms with Gasteiger partial charge < -0.3 is 5.32 Å². The van der Waals surface area contributed by atoms with E-state index in [4.69, 9.17) is 9.97 Å². The minimum Gasteiger partial charge on any atom is -0.388 e. The predicted molar refractivity (Wildman–Crippen MR) is 113 cm³/mol. The van der Waals surface area contributed by atoms with Crippen LogP contribution in [0.3, 0.4) is 0 Å². The zero-order valence-electron chi connectivity index (χ0n) is 14.1. The summed E-state index contributed by atoms with van der Waals surface area (Å²) in [5.74, 6) is 0. The molecule has 0 unspecified atom stereocenters. The highest BCUT2D eigenvalue weighted by Gasteiger charge is 2.10. The van der Waals surface area contributed by atoms with Gasteiger partial charge in [0.15, 0.2) is 0 Å². The van der Waals surface area contributed by atoms with E-state index in [1.54, 1.807) is 22.7 Å². The lowest BCUT2D eigenvalue weighted by molar-refractivity contribution is 1.45. The van der Waals surface area contributed by atoms with Crippen molar-refractivity contribution in [1.82, 2.24) is 9.97 Å². The van der Waals surface area contributed by atoms with Crippen LogP contribution in [0, 0.1) is 0 Å². The van der Waals surface area contributed by atoms with Crippen molar-refractivity contribution in [2.45, 2.75) is 0 Å². The molecule has 0 spiro atoms. The maximum Gasteiger partial charge on any atom is 0.124 e. The van der Waals surface area contributed by atoms with Crippen LogP contribution >= 0.6 is 22.7 Å². The fraction of sp³-hybridized carbons (Fsp3) is 0.0476. The summed E-state index contributed by atoms with van der Waals surface area (Å²) in [6.45, 7) is 0. The molecule has 0 radical (unpaired) electrons. The summed E-state index contributed by atoms with van der Waals surface area (Å²) in [6, 6.07) is 23.1. The van der Waals surface area contributed by atoms with Crippen molar-refractivity contribution in [1.29, 1.82) is 0 Å². The lowest BCUT2D eigenvalue weighted by atomic mass is 10.2. The monoisotopic (exact) mass is 373 g/mol. The van der Waals surface area contributed by atoms with Gasteiger partial charge in [0, 0.05) is 23.9 Å². The van der Waals surface area contributed by atoms with Crippen molar-refractivity contribution < 1.29 is 0 Å². The van der Waals surface area contributed by atoms with Crippen LogP contribution in [-0.2, 0) is 0 Å². The third-order valence-corrected chi connectivity index (χ3v) is 6.50. The lowest BCUT2D eigenvalue weighted by Gasteiger charge is -2.00. The first kappa shape index (κ1) is 15.5. The molecule has 0 atom stereocenters. The minimum absolute atomic E-state index is 1.03. The number of anilines is 1. The third-order valence-electron chi connectivity index (χ3n) is 4.35. The molecule has 0 aliphatic rings. The lowest BCUT2D eigenvalue weighted by Crippen LogP contribution is -1.86. The van der Waals surface area contributed by atoms with Gasteiger partial charge in [-0.2, -0.15) is 0 Å². The molecule has 5 rings (SSSR count). The van der Waals surface area contributed by atoms with Crippen LogP contribution < -0.4 is 5.32 Å². The normalized spacial score (nSPS) is 11.3. The Kier molecular flexibility index (Phi) is 3.69. The highest BCUT2D eigenvalue weighted by atomic mass is 32.1. The second-order valence-corrected chi connectivity index (χ2v) is 8.08. The number of aromatic nitrogens is 2. The number of rotatable bonds is 3. The van der Waals surface area contributed by atoms with Gasteiger partial charge in [0.2, 0.25) is 0 Å². The van der Waals surface area contributed by atoms with E-state index in [0.29, 0.717) is 0 Å². The zero-order valence-corrected chi connectivity index (χ0v) is 15.7. The van der Waals surface area contributed by atoms with Crippen molar-refractivity contribution in [3.05, 3.63) is 66.7 Å². The number of thiazole rings is 2. The van der Waals surface area contributed by atoms with E-state index in [1.165, 1.54) is 9.40 Å². The summed E-state index contributed by atoms with van der Waals surface area (Å²) in [4.78, 5) is 9.57. The van der Waals surface area contributed by atoms with Crippen LogP contribution in [0.1, 0.15) is 0 Å². The highest BCUT2D eigenvalue weighted by molar-refractivity contribution is 7.22. The van der Waals surface area contributed by atoms with E-state index in [9.17, 15) is 0 Å². The van der Waals surface area contributed by atoms with E-state index < -0.39 is 0 Å². The van der Waals surface area contributed by atoms with Gasteiger partial charge in [0.1, 0.15) is 10.0 Å². The van der Waals surface area contributed by atoms with Gasteiger partial charge in [-0.3, -0.25) is 0 Å². The second kappa shape index (κ2) is 6.20. The average molecular weight is 374 g/mol. The largest absolute Gasteiger partial charge is 0.388 e. The molecule has 0 aliphatic carbocycles. The van der Waals surface area contributed by atoms with Gasteiger partial charge in [-0.05, 0) is 54.6 Å². The Bertz CT molecular complexity index is 1190. The Morgan fingerprint density at radius 1 is 0.692 bits per heavy atom. The minimum atomic E-state index is 1.03. The fourth-order valence-electron chi connectivity index (χ4n) is 2.96. The number of benzene rings is 3. The highest BCUT2D eigenvalue weighted by Crippen LogP contribution is 2.35. The maximum absolute atomic E-state index is 4.80. The number of nitrogens with one attached hydrogen (secondary N) is 1. The molecule has 0 amide bonds. The molecule has 5 aromatic rings. The summed E-state index contributed by atoms with van der Waals surface area (Å²) in [5.41, 5.74) is 5.49. The Morgan fingerprint density at radius 2 is 1.35 bits per heavy atom. The molecule has 3 aromatic carbocycles. The fourth-order valence-corrected chi connectivity index (χ4v) is 4.93. The van der Waals surface area contributed by atoms with Gasteiger partial charge >= 0.3 is 0 Å². The summed E-state index contributed by atoms with van der Waals surface area (Å²) in [6.07, 6.45) is 0. The third kappa shape index (κ3) is 2.66. The van der Waals surface area contributed by atoms with Crippen molar-refractivity contribution in [2.24, 2.45) is 0 Å². The van der Waals surface area contributed by atoms with Crippen molar-refractivity contribution in [3.8, 4) is 21.1 Å². The molecule has 5 heteroatoms. The first-order valence-electron chi connectivity index (χ1n) is 8.35. The Hall–Kier alpha value is -2.76. The number of hydrogen-bond acceptors (Lipinski definition) is 5. The van der Waals surface area contributed by atoms with E-state index in [2.05, 4.69) is 66.0 Å². The van der Waals surface area contributed by atoms with Crippen LogP contribution in [0.5, 0.6) is 0 Å². The molecule has 0 bridgehead atoms. The summed E-state index contributed by atoms with van der Waals surface area (Å²) < 4.78 is 2.41. The Morgan fingerprint density at radius 3 is 2.12 bits per heavy atom. The van der Waals surface area contributed by atoms with E-state index in [1.807, 2.05) is 13.1 Å². The van der Waals surface area contributed by atoms with Crippen LogP contribution in [0.25, 0.3) is 41.6 Å². The molecular formula is C21H15N3S2. The number of fused-ring (bicyclic) bond motifs is 2. The topological polar surface area (TPSA) is 37.8 Å². The van der Waals surface area contributed by atoms with Gasteiger partial charge in [-0.25, -0.2) is 9.97 Å². The molecule has 126 valence electrons. The van der Waals surface area contributed by atoms with Crippen LogP contribution in [-0.4, -0.2) is 17.0 Å². The van der Waals surface area contributed by atoms with Gasteiger partial charge in [-0.1, -0.05) is 12.1 Å². The molecule has 0 saturated heterocycles. The maximum atomic E-state index is 4.80. The van der Waals surface area contributed by atoms with Gasteiger partial charge in [0.25, 0.3) is 0 Å². The van der Waals surface area contributed by atoms with Crippen LogP contribution in [0.4, 0.5) is 5.69 Å². The number of para-hydroxylation sites is 1. The van der Waals surface area contributed by atoms with Crippen molar-refractivity contribution in [2.75, 3.05) is 12.4 Å². The SMILES string of the molecule is CNc1ccc(-c2nc3ccc(-c4nc5ccccc5s4)cc3s2)cc1.